The molecule has 0 bridgehead atoms. The zero-order chi connectivity index (χ0) is 10.9. The SMILES string of the molecule is CC1(C)CC(CN)(NCC2CC2)CCO1. The van der Waals surface area contributed by atoms with Gasteiger partial charge in [0.15, 0.2) is 0 Å². The number of rotatable bonds is 4. The topological polar surface area (TPSA) is 47.3 Å². The smallest absolute Gasteiger partial charge is 0.0644 e. The molecule has 2 rings (SSSR count). The van der Waals surface area contributed by atoms with E-state index in [0.717, 1.165) is 38.5 Å². The number of hydrogen-bond donors (Lipinski definition) is 2. The first kappa shape index (κ1) is 11.4. The lowest BCUT2D eigenvalue weighted by molar-refractivity contribution is -0.0858. The molecular weight excluding hydrogens is 188 g/mol. The van der Waals surface area contributed by atoms with E-state index in [-0.39, 0.29) is 11.1 Å². The first-order chi connectivity index (χ1) is 7.05. The molecule has 88 valence electrons. The Morgan fingerprint density at radius 2 is 2.13 bits per heavy atom. The summed E-state index contributed by atoms with van der Waals surface area (Å²) in [5.74, 6) is 0.916. The fourth-order valence-electron chi connectivity index (χ4n) is 2.56. The molecule has 1 saturated carbocycles. The average molecular weight is 212 g/mol. The van der Waals surface area contributed by atoms with E-state index in [1.54, 1.807) is 0 Å². The third-order valence-electron chi connectivity index (χ3n) is 3.69. The quantitative estimate of drug-likeness (QED) is 0.738. The van der Waals surface area contributed by atoms with Crippen LogP contribution in [0.15, 0.2) is 0 Å². The molecule has 0 amide bonds. The first-order valence-corrected chi connectivity index (χ1v) is 6.14. The van der Waals surface area contributed by atoms with Crippen molar-refractivity contribution in [3.63, 3.8) is 0 Å². The Labute approximate surface area is 92.7 Å². The lowest BCUT2D eigenvalue weighted by atomic mass is 9.81. The van der Waals surface area contributed by atoms with Crippen molar-refractivity contribution < 1.29 is 4.74 Å². The van der Waals surface area contributed by atoms with Crippen molar-refractivity contribution in [3.8, 4) is 0 Å². The van der Waals surface area contributed by atoms with Crippen LogP contribution < -0.4 is 11.1 Å². The van der Waals surface area contributed by atoms with Gasteiger partial charge in [0, 0.05) is 18.7 Å². The Balaban J connectivity index is 1.92. The summed E-state index contributed by atoms with van der Waals surface area (Å²) in [5.41, 5.74) is 6.06. The van der Waals surface area contributed by atoms with Crippen LogP contribution in [0.4, 0.5) is 0 Å². The minimum atomic E-state index is -0.0197. The molecule has 15 heavy (non-hydrogen) atoms. The molecule has 1 aliphatic carbocycles. The Bertz CT molecular complexity index is 226. The summed E-state index contributed by atoms with van der Waals surface area (Å²) in [6.45, 7) is 7.03. The molecule has 1 atom stereocenters. The summed E-state index contributed by atoms with van der Waals surface area (Å²) in [6.07, 6.45) is 4.88. The standard InChI is InChI=1S/C12H24N2O/c1-11(2)8-12(9-13,5-6-15-11)14-7-10-3-4-10/h10,14H,3-9,13H2,1-2H3. The highest BCUT2D eigenvalue weighted by atomic mass is 16.5. The van der Waals surface area contributed by atoms with Crippen LogP contribution in [0.3, 0.4) is 0 Å². The van der Waals surface area contributed by atoms with E-state index in [2.05, 4.69) is 19.2 Å². The van der Waals surface area contributed by atoms with E-state index < -0.39 is 0 Å². The van der Waals surface area contributed by atoms with Crippen molar-refractivity contribution >= 4 is 0 Å². The van der Waals surface area contributed by atoms with Gasteiger partial charge in [-0.1, -0.05) is 0 Å². The van der Waals surface area contributed by atoms with Gasteiger partial charge in [0.25, 0.3) is 0 Å². The van der Waals surface area contributed by atoms with Crippen LogP contribution in [0.1, 0.15) is 39.5 Å². The molecule has 1 saturated heterocycles. The minimum absolute atomic E-state index is 0.0197. The largest absolute Gasteiger partial charge is 0.375 e. The van der Waals surface area contributed by atoms with Crippen molar-refractivity contribution in [2.24, 2.45) is 11.7 Å². The number of nitrogens with one attached hydrogen (secondary N) is 1. The number of ether oxygens (including phenoxy) is 1. The van der Waals surface area contributed by atoms with Gasteiger partial charge >= 0.3 is 0 Å². The maximum Gasteiger partial charge on any atom is 0.0644 e. The molecule has 1 aliphatic heterocycles. The molecule has 0 spiro atoms. The zero-order valence-corrected chi connectivity index (χ0v) is 10.0. The molecule has 0 aromatic carbocycles. The normalized spacial score (nSPS) is 35.4. The van der Waals surface area contributed by atoms with E-state index in [9.17, 15) is 0 Å². The van der Waals surface area contributed by atoms with Crippen LogP contribution in [0, 0.1) is 5.92 Å². The van der Waals surface area contributed by atoms with E-state index >= 15 is 0 Å². The monoisotopic (exact) mass is 212 g/mol. The van der Waals surface area contributed by atoms with Crippen molar-refractivity contribution in [2.75, 3.05) is 19.7 Å². The predicted octanol–water partition coefficient (Wildman–Crippen LogP) is 1.27. The maximum absolute atomic E-state index is 5.95. The fourth-order valence-corrected chi connectivity index (χ4v) is 2.56. The lowest BCUT2D eigenvalue weighted by Gasteiger charge is -2.45. The fraction of sp³-hybridized carbons (Fsp3) is 1.00. The van der Waals surface area contributed by atoms with Gasteiger partial charge in [0.1, 0.15) is 0 Å². The van der Waals surface area contributed by atoms with E-state index in [0.29, 0.717) is 0 Å². The summed E-state index contributed by atoms with van der Waals surface area (Å²) in [6, 6.07) is 0. The molecule has 0 radical (unpaired) electrons. The number of hydrogen-bond acceptors (Lipinski definition) is 3. The molecule has 2 fully saturated rings. The highest BCUT2D eigenvalue weighted by molar-refractivity contribution is 4.98. The van der Waals surface area contributed by atoms with Crippen molar-refractivity contribution in [3.05, 3.63) is 0 Å². The molecule has 3 heteroatoms. The third-order valence-corrected chi connectivity index (χ3v) is 3.69. The van der Waals surface area contributed by atoms with Crippen LogP contribution >= 0.6 is 0 Å². The van der Waals surface area contributed by atoms with Crippen molar-refractivity contribution in [1.82, 2.24) is 5.32 Å². The summed E-state index contributed by atoms with van der Waals surface area (Å²) in [7, 11) is 0. The van der Waals surface area contributed by atoms with Crippen LogP contribution in [-0.4, -0.2) is 30.8 Å². The van der Waals surface area contributed by atoms with Gasteiger partial charge in [-0.05, 0) is 52.0 Å². The van der Waals surface area contributed by atoms with Gasteiger partial charge in [-0.2, -0.15) is 0 Å². The maximum atomic E-state index is 5.95. The van der Waals surface area contributed by atoms with Gasteiger partial charge in [0.05, 0.1) is 5.60 Å². The highest BCUT2D eigenvalue weighted by Crippen LogP contribution is 2.33. The Kier molecular flexibility index (Phi) is 3.06. The first-order valence-electron chi connectivity index (χ1n) is 6.14. The molecule has 1 unspecified atom stereocenters. The molecule has 0 aromatic heterocycles. The highest BCUT2D eigenvalue weighted by Gasteiger charge is 2.40. The van der Waals surface area contributed by atoms with Crippen LogP contribution in [0.5, 0.6) is 0 Å². The van der Waals surface area contributed by atoms with Crippen molar-refractivity contribution in [2.45, 2.75) is 50.7 Å². The van der Waals surface area contributed by atoms with Gasteiger partial charge < -0.3 is 15.8 Å². The summed E-state index contributed by atoms with van der Waals surface area (Å²) in [4.78, 5) is 0. The molecule has 0 aromatic rings. The minimum Gasteiger partial charge on any atom is -0.375 e. The Morgan fingerprint density at radius 1 is 1.40 bits per heavy atom. The third kappa shape index (κ3) is 2.92. The van der Waals surface area contributed by atoms with E-state index in [1.807, 2.05) is 0 Å². The summed E-state index contributed by atoms with van der Waals surface area (Å²) >= 11 is 0. The summed E-state index contributed by atoms with van der Waals surface area (Å²) < 4.78 is 5.75. The van der Waals surface area contributed by atoms with Gasteiger partial charge in [-0.3, -0.25) is 0 Å². The van der Waals surface area contributed by atoms with Gasteiger partial charge in [-0.25, -0.2) is 0 Å². The molecule has 1 heterocycles. The Hall–Kier alpha value is -0.120. The second-order valence-electron chi connectivity index (χ2n) is 5.84. The second-order valence-corrected chi connectivity index (χ2v) is 5.84. The molecule has 3 nitrogen and oxygen atoms in total. The number of nitrogens with two attached hydrogens (primary N) is 1. The average Bonchev–Trinajstić information content (AvgIpc) is 2.97. The second kappa shape index (κ2) is 4.04. The van der Waals surface area contributed by atoms with Gasteiger partial charge in [0.2, 0.25) is 0 Å². The zero-order valence-electron chi connectivity index (χ0n) is 10.0. The van der Waals surface area contributed by atoms with Crippen LogP contribution in [0.25, 0.3) is 0 Å². The van der Waals surface area contributed by atoms with Crippen LogP contribution in [-0.2, 0) is 4.74 Å². The van der Waals surface area contributed by atoms with Gasteiger partial charge in [-0.15, -0.1) is 0 Å². The van der Waals surface area contributed by atoms with Crippen LogP contribution in [0.2, 0.25) is 0 Å². The Morgan fingerprint density at radius 3 is 2.67 bits per heavy atom. The van der Waals surface area contributed by atoms with E-state index in [1.165, 1.54) is 12.8 Å². The molecule has 2 aliphatic rings. The summed E-state index contributed by atoms with van der Waals surface area (Å²) in [5, 5.41) is 3.70. The van der Waals surface area contributed by atoms with Crippen molar-refractivity contribution in [1.29, 1.82) is 0 Å². The molecular formula is C12H24N2O. The lowest BCUT2D eigenvalue weighted by Crippen LogP contribution is -2.59. The van der Waals surface area contributed by atoms with E-state index in [4.69, 9.17) is 10.5 Å². The predicted molar refractivity (Wildman–Crippen MR) is 61.8 cm³/mol. The molecule has 3 N–H and O–H groups in total.